The fraction of sp³-hybridized carbons (Fsp3) is 0.111. The third-order valence-electron chi connectivity index (χ3n) is 3.05. The number of anilines is 1. The second kappa shape index (κ2) is 8.49. The highest BCUT2D eigenvalue weighted by Crippen LogP contribution is 2.28. The van der Waals surface area contributed by atoms with Crippen LogP contribution in [0.1, 0.15) is 0 Å². The van der Waals surface area contributed by atoms with E-state index in [0.29, 0.717) is 17.2 Å². The summed E-state index contributed by atoms with van der Waals surface area (Å²) in [5.41, 5.74) is 0.413. The van der Waals surface area contributed by atoms with Gasteiger partial charge in [0.25, 0.3) is 0 Å². The van der Waals surface area contributed by atoms with Gasteiger partial charge in [0, 0.05) is 24.3 Å². The molecule has 0 fully saturated rings. The molecule has 2 aromatic rings. The molecule has 1 N–H and O–H groups in total. The van der Waals surface area contributed by atoms with Gasteiger partial charge in [0.1, 0.15) is 23.1 Å². The first-order valence-electron chi connectivity index (χ1n) is 7.20. The van der Waals surface area contributed by atoms with Gasteiger partial charge in [-0.05, 0) is 24.3 Å². The van der Waals surface area contributed by atoms with Crippen LogP contribution in [0.25, 0.3) is 0 Å². The molecule has 0 heterocycles. The van der Waals surface area contributed by atoms with Gasteiger partial charge < -0.3 is 19.5 Å². The van der Waals surface area contributed by atoms with E-state index >= 15 is 0 Å². The van der Waals surface area contributed by atoms with E-state index in [1.165, 1.54) is 32.4 Å². The Bertz CT molecular complexity index is 804. The molecule has 0 aliphatic carbocycles. The number of esters is 1. The lowest BCUT2D eigenvalue weighted by Crippen LogP contribution is -2.11. The van der Waals surface area contributed by atoms with Gasteiger partial charge in [-0.2, -0.15) is 0 Å². The van der Waals surface area contributed by atoms with E-state index in [0.717, 1.165) is 18.2 Å². The van der Waals surface area contributed by atoms with Crippen molar-refractivity contribution in [2.75, 3.05) is 19.5 Å². The van der Waals surface area contributed by atoms with Crippen LogP contribution in [0.5, 0.6) is 17.2 Å². The first-order valence-corrected chi connectivity index (χ1v) is 7.20. The van der Waals surface area contributed by atoms with Crippen LogP contribution in [-0.2, 0) is 9.59 Å². The van der Waals surface area contributed by atoms with Crippen LogP contribution >= 0.6 is 0 Å². The van der Waals surface area contributed by atoms with E-state index in [2.05, 4.69) is 5.32 Å². The number of amides is 1. The number of carbonyl (C=O) groups is 2. The lowest BCUT2D eigenvalue weighted by molar-refractivity contribution is -0.129. The first-order chi connectivity index (χ1) is 12.0. The fourth-order valence-corrected chi connectivity index (χ4v) is 1.90. The van der Waals surface area contributed by atoms with Crippen LogP contribution in [-0.4, -0.2) is 26.1 Å². The number of rotatable bonds is 6. The number of benzene rings is 2. The molecule has 0 spiro atoms. The van der Waals surface area contributed by atoms with Gasteiger partial charge in [-0.1, -0.05) is 6.07 Å². The van der Waals surface area contributed by atoms with Crippen molar-refractivity contribution >= 4 is 17.6 Å². The molecule has 6 nitrogen and oxygen atoms in total. The van der Waals surface area contributed by atoms with Gasteiger partial charge >= 0.3 is 5.97 Å². The summed E-state index contributed by atoms with van der Waals surface area (Å²) in [6.07, 6.45) is 1.95. The van der Waals surface area contributed by atoms with Gasteiger partial charge in [-0.15, -0.1) is 0 Å². The van der Waals surface area contributed by atoms with Crippen LogP contribution in [0.15, 0.2) is 54.6 Å². The largest absolute Gasteiger partial charge is 0.497 e. The lowest BCUT2D eigenvalue weighted by atomic mass is 10.2. The predicted octanol–water partition coefficient (Wildman–Crippen LogP) is 2.94. The SMILES string of the molecule is COc1ccc(NC(=O)/C=C/C(=O)Oc2cccc(F)c2)c(OC)c1. The van der Waals surface area contributed by atoms with Crippen molar-refractivity contribution < 1.29 is 28.2 Å². The smallest absolute Gasteiger partial charge is 0.336 e. The third-order valence-corrected chi connectivity index (χ3v) is 3.05. The second-order valence-corrected chi connectivity index (χ2v) is 4.77. The van der Waals surface area contributed by atoms with Crippen molar-refractivity contribution in [3.8, 4) is 17.2 Å². The molecule has 0 saturated heterocycles. The van der Waals surface area contributed by atoms with E-state index in [1.807, 2.05) is 0 Å². The van der Waals surface area contributed by atoms with Gasteiger partial charge in [0.05, 0.1) is 19.9 Å². The summed E-state index contributed by atoms with van der Waals surface area (Å²) in [4.78, 5) is 23.5. The molecule has 130 valence electrons. The predicted molar refractivity (Wildman–Crippen MR) is 89.4 cm³/mol. The number of hydrogen-bond donors (Lipinski definition) is 1. The third kappa shape index (κ3) is 5.35. The van der Waals surface area contributed by atoms with Crippen LogP contribution in [0.2, 0.25) is 0 Å². The van der Waals surface area contributed by atoms with Crippen molar-refractivity contribution in [1.29, 1.82) is 0 Å². The summed E-state index contributed by atoms with van der Waals surface area (Å²) < 4.78 is 28.1. The van der Waals surface area contributed by atoms with Crippen molar-refractivity contribution in [2.45, 2.75) is 0 Å². The topological polar surface area (TPSA) is 73.9 Å². The van der Waals surface area contributed by atoms with Crippen molar-refractivity contribution in [2.24, 2.45) is 0 Å². The summed E-state index contributed by atoms with van der Waals surface area (Å²) in [6.45, 7) is 0. The summed E-state index contributed by atoms with van der Waals surface area (Å²) in [7, 11) is 2.97. The molecule has 0 saturated carbocycles. The molecule has 0 radical (unpaired) electrons. The minimum absolute atomic E-state index is 0.0480. The fourth-order valence-electron chi connectivity index (χ4n) is 1.90. The van der Waals surface area contributed by atoms with E-state index < -0.39 is 17.7 Å². The highest BCUT2D eigenvalue weighted by atomic mass is 19.1. The lowest BCUT2D eigenvalue weighted by Gasteiger charge is -2.10. The highest BCUT2D eigenvalue weighted by molar-refractivity contribution is 6.03. The summed E-state index contributed by atoms with van der Waals surface area (Å²) in [6, 6.07) is 9.99. The Labute approximate surface area is 143 Å². The summed E-state index contributed by atoms with van der Waals surface area (Å²) in [5.74, 6) is -0.861. The normalized spacial score (nSPS) is 10.4. The van der Waals surface area contributed by atoms with Crippen molar-refractivity contribution in [1.82, 2.24) is 0 Å². The molecule has 0 atom stereocenters. The minimum atomic E-state index is -0.803. The Balaban J connectivity index is 1.97. The average Bonchev–Trinajstić information content (AvgIpc) is 2.60. The molecule has 0 unspecified atom stereocenters. The van der Waals surface area contributed by atoms with E-state index in [1.54, 1.807) is 18.2 Å². The number of halogens is 1. The Morgan fingerprint density at radius 2 is 1.80 bits per heavy atom. The zero-order valence-electron chi connectivity index (χ0n) is 13.6. The zero-order chi connectivity index (χ0) is 18.2. The monoisotopic (exact) mass is 345 g/mol. The van der Waals surface area contributed by atoms with Gasteiger partial charge in [-0.25, -0.2) is 9.18 Å². The zero-order valence-corrected chi connectivity index (χ0v) is 13.6. The molecule has 1 amide bonds. The molecular weight excluding hydrogens is 329 g/mol. The number of nitrogens with one attached hydrogen (secondary N) is 1. The van der Waals surface area contributed by atoms with Gasteiger partial charge in [-0.3, -0.25) is 4.79 Å². The van der Waals surface area contributed by atoms with Crippen LogP contribution in [0.3, 0.4) is 0 Å². The molecule has 0 aromatic heterocycles. The molecular formula is C18H16FNO5. The number of ether oxygens (including phenoxy) is 3. The maximum Gasteiger partial charge on any atom is 0.336 e. The highest BCUT2D eigenvalue weighted by Gasteiger charge is 2.08. The Hall–Kier alpha value is -3.35. The number of hydrogen-bond acceptors (Lipinski definition) is 5. The van der Waals surface area contributed by atoms with Crippen LogP contribution in [0, 0.1) is 5.82 Å². The Kier molecular flexibility index (Phi) is 6.11. The van der Waals surface area contributed by atoms with E-state index in [4.69, 9.17) is 14.2 Å². The molecule has 0 aliphatic heterocycles. The van der Waals surface area contributed by atoms with Crippen LogP contribution in [0.4, 0.5) is 10.1 Å². The van der Waals surface area contributed by atoms with Gasteiger partial charge in [0.15, 0.2) is 0 Å². The maximum absolute atomic E-state index is 13.0. The molecule has 2 aromatic carbocycles. The Morgan fingerprint density at radius 3 is 2.48 bits per heavy atom. The second-order valence-electron chi connectivity index (χ2n) is 4.77. The Morgan fingerprint density at radius 1 is 1.00 bits per heavy atom. The van der Waals surface area contributed by atoms with Crippen molar-refractivity contribution in [3.63, 3.8) is 0 Å². The molecule has 25 heavy (non-hydrogen) atoms. The first kappa shape index (κ1) is 18.0. The maximum atomic E-state index is 13.0. The standard InChI is InChI=1S/C18H16FNO5/c1-23-13-6-7-15(16(11-13)24-2)20-17(21)8-9-18(22)25-14-5-3-4-12(19)10-14/h3-11H,1-2H3,(H,20,21)/b9-8+. The molecule has 0 aliphatic rings. The number of carbonyl (C=O) groups excluding carboxylic acids is 2. The molecule has 0 bridgehead atoms. The number of methoxy groups -OCH3 is 2. The van der Waals surface area contributed by atoms with Crippen molar-refractivity contribution in [3.05, 3.63) is 60.4 Å². The van der Waals surface area contributed by atoms with E-state index in [9.17, 15) is 14.0 Å². The quantitative estimate of drug-likeness (QED) is 0.495. The summed E-state index contributed by atoms with van der Waals surface area (Å²) >= 11 is 0. The van der Waals surface area contributed by atoms with E-state index in [-0.39, 0.29) is 5.75 Å². The van der Waals surface area contributed by atoms with Crippen LogP contribution < -0.4 is 19.5 Å². The van der Waals surface area contributed by atoms with Gasteiger partial charge in [0.2, 0.25) is 5.91 Å². The summed E-state index contributed by atoms with van der Waals surface area (Å²) in [5, 5.41) is 2.57. The molecule has 2 rings (SSSR count). The molecule has 7 heteroatoms. The minimum Gasteiger partial charge on any atom is -0.497 e. The average molecular weight is 345 g/mol.